The van der Waals surface area contributed by atoms with Gasteiger partial charge in [-0.05, 0) is 60.7 Å². The number of rotatable bonds is 4. The second-order valence-corrected chi connectivity index (χ2v) is 7.91. The first kappa shape index (κ1) is 18.8. The number of hydrogen-bond acceptors (Lipinski definition) is 5. The summed E-state index contributed by atoms with van der Waals surface area (Å²) in [5, 5.41) is 4.12. The van der Waals surface area contributed by atoms with Crippen molar-refractivity contribution in [3.63, 3.8) is 0 Å². The van der Waals surface area contributed by atoms with Crippen LogP contribution in [0.2, 0.25) is 0 Å². The molecule has 2 aliphatic rings. The van der Waals surface area contributed by atoms with Crippen molar-refractivity contribution in [2.24, 2.45) is 0 Å². The smallest absolute Gasteiger partial charge is 0.231 e. The van der Waals surface area contributed by atoms with Gasteiger partial charge in [-0.15, -0.1) is 0 Å². The molecule has 32 heavy (non-hydrogen) atoms. The van der Waals surface area contributed by atoms with E-state index in [1.165, 1.54) is 0 Å². The maximum absolute atomic E-state index is 5.83. The number of fused-ring (bicyclic) bond motifs is 1. The molecule has 1 aromatic carbocycles. The number of anilines is 1. The number of nitrogens with zero attached hydrogens (tertiary/aromatic N) is 4. The monoisotopic (exact) mass is 441 g/mol. The van der Waals surface area contributed by atoms with Gasteiger partial charge in [0.1, 0.15) is 11.9 Å². The Kier molecular flexibility index (Phi) is 4.50. The zero-order valence-electron chi connectivity index (χ0n) is 17.0. The van der Waals surface area contributed by atoms with Crippen LogP contribution in [-0.4, -0.2) is 26.4 Å². The first-order valence-electron chi connectivity index (χ1n) is 10.3. The highest BCUT2D eigenvalue weighted by molar-refractivity contribution is 7.80. The van der Waals surface area contributed by atoms with E-state index in [0.717, 1.165) is 28.6 Å². The fourth-order valence-electron chi connectivity index (χ4n) is 4.31. The Balaban J connectivity index is 1.50. The molecule has 0 bridgehead atoms. The van der Waals surface area contributed by atoms with Crippen LogP contribution >= 0.6 is 12.2 Å². The predicted octanol–water partition coefficient (Wildman–Crippen LogP) is 4.17. The van der Waals surface area contributed by atoms with Crippen molar-refractivity contribution in [3.05, 3.63) is 96.7 Å². The number of hydrogen-bond donors (Lipinski definition) is 1. The number of ether oxygens (including phenoxy) is 2. The van der Waals surface area contributed by atoms with Crippen molar-refractivity contribution in [2.75, 3.05) is 11.7 Å². The van der Waals surface area contributed by atoms with E-state index in [9.17, 15) is 0 Å². The molecule has 0 spiro atoms. The Morgan fingerprint density at radius 3 is 2.56 bits per heavy atom. The number of aromatic nitrogens is 3. The summed E-state index contributed by atoms with van der Waals surface area (Å²) in [6.45, 7) is 0.226. The molecule has 5 heterocycles. The summed E-state index contributed by atoms with van der Waals surface area (Å²) in [4.78, 5) is 11.3. The Bertz CT molecular complexity index is 1280. The lowest BCUT2D eigenvalue weighted by molar-refractivity contribution is 0.174. The van der Waals surface area contributed by atoms with E-state index < -0.39 is 0 Å². The predicted molar refractivity (Wildman–Crippen MR) is 124 cm³/mol. The summed E-state index contributed by atoms with van der Waals surface area (Å²) < 4.78 is 13.2. The highest BCUT2D eigenvalue weighted by atomic mass is 32.1. The van der Waals surface area contributed by atoms with Crippen LogP contribution in [-0.2, 0) is 0 Å². The van der Waals surface area contributed by atoms with Gasteiger partial charge in [-0.3, -0.25) is 4.98 Å². The molecule has 8 heteroatoms. The average Bonchev–Trinajstić information content (AvgIpc) is 3.57. The van der Waals surface area contributed by atoms with E-state index in [-0.39, 0.29) is 18.9 Å². The van der Waals surface area contributed by atoms with Crippen LogP contribution in [0.25, 0.3) is 5.82 Å². The molecule has 2 atom stereocenters. The van der Waals surface area contributed by atoms with E-state index in [2.05, 4.69) is 30.8 Å². The van der Waals surface area contributed by atoms with Crippen molar-refractivity contribution in [1.82, 2.24) is 19.9 Å². The molecule has 2 aliphatic heterocycles. The minimum Gasteiger partial charge on any atom is -0.454 e. The summed E-state index contributed by atoms with van der Waals surface area (Å²) in [7, 11) is 0. The Labute approximate surface area is 190 Å². The van der Waals surface area contributed by atoms with Crippen LogP contribution in [0, 0.1) is 0 Å². The SMILES string of the molecule is S=C1N[C@H](c2ccccn2)[C@@H](c2cccn2-c2ccccn2)N1c1ccc2c(c1)OCO2. The lowest BCUT2D eigenvalue weighted by Crippen LogP contribution is -2.30. The van der Waals surface area contributed by atoms with Gasteiger partial charge < -0.3 is 24.3 Å². The van der Waals surface area contributed by atoms with Crippen LogP contribution in [0.5, 0.6) is 11.5 Å². The molecule has 3 aromatic heterocycles. The third-order valence-electron chi connectivity index (χ3n) is 5.71. The van der Waals surface area contributed by atoms with Gasteiger partial charge in [0.05, 0.1) is 11.7 Å². The van der Waals surface area contributed by atoms with Gasteiger partial charge in [0.25, 0.3) is 0 Å². The maximum Gasteiger partial charge on any atom is 0.231 e. The Morgan fingerprint density at radius 1 is 0.906 bits per heavy atom. The first-order valence-corrected chi connectivity index (χ1v) is 10.7. The van der Waals surface area contributed by atoms with E-state index in [1.807, 2.05) is 66.9 Å². The molecular weight excluding hydrogens is 422 g/mol. The molecule has 0 amide bonds. The van der Waals surface area contributed by atoms with Crippen molar-refractivity contribution in [2.45, 2.75) is 12.1 Å². The standard InChI is InChI=1S/C24H19N5O2S/c32-24-27-22(17-6-1-3-11-25-17)23(18-7-5-13-28(18)21-8-2-4-12-26-21)29(24)16-9-10-19-20(14-16)31-15-30-19/h1-14,22-23H,15H2,(H,27,32)/t22-,23-/m1/s1. The molecule has 7 nitrogen and oxygen atoms in total. The van der Waals surface area contributed by atoms with Crippen LogP contribution in [0.1, 0.15) is 23.5 Å². The van der Waals surface area contributed by atoms with E-state index in [4.69, 9.17) is 21.7 Å². The van der Waals surface area contributed by atoms with Crippen LogP contribution in [0.3, 0.4) is 0 Å². The van der Waals surface area contributed by atoms with E-state index in [0.29, 0.717) is 10.9 Å². The summed E-state index contributed by atoms with van der Waals surface area (Å²) in [6, 6.07) is 21.5. The number of benzene rings is 1. The summed E-state index contributed by atoms with van der Waals surface area (Å²) in [5.74, 6) is 2.29. The molecule has 1 fully saturated rings. The fraction of sp³-hybridized carbons (Fsp3) is 0.125. The molecule has 0 radical (unpaired) electrons. The molecule has 6 rings (SSSR count). The topological polar surface area (TPSA) is 64.4 Å². The summed E-state index contributed by atoms with van der Waals surface area (Å²) >= 11 is 5.83. The average molecular weight is 442 g/mol. The Morgan fingerprint density at radius 2 is 1.75 bits per heavy atom. The zero-order valence-corrected chi connectivity index (χ0v) is 17.8. The lowest BCUT2D eigenvalue weighted by atomic mass is 10.0. The van der Waals surface area contributed by atoms with Gasteiger partial charge in [-0.2, -0.15) is 0 Å². The van der Waals surface area contributed by atoms with Crippen molar-refractivity contribution < 1.29 is 9.47 Å². The van der Waals surface area contributed by atoms with Crippen LogP contribution in [0.4, 0.5) is 5.69 Å². The zero-order chi connectivity index (χ0) is 21.5. The molecule has 0 saturated carbocycles. The van der Waals surface area contributed by atoms with Crippen molar-refractivity contribution >= 4 is 23.0 Å². The lowest BCUT2D eigenvalue weighted by Gasteiger charge is -2.29. The second-order valence-electron chi connectivity index (χ2n) is 7.53. The molecular formula is C24H19N5O2S. The minimum atomic E-state index is -0.158. The Hall–Kier alpha value is -3.91. The highest BCUT2D eigenvalue weighted by Gasteiger charge is 2.42. The van der Waals surface area contributed by atoms with Gasteiger partial charge in [0.2, 0.25) is 6.79 Å². The summed E-state index contributed by atoms with van der Waals surface area (Å²) in [6.07, 6.45) is 5.62. The van der Waals surface area contributed by atoms with Gasteiger partial charge >= 0.3 is 0 Å². The maximum atomic E-state index is 5.83. The second kappa shape index (κ2) is 7.65. The third-order valence-corrected chi connectivity index (χ3v) is 6.03. The van der Waals surface area contributed by atoms with Gasteiger partial charge in [-0.25, -0.2) is 4.98 Å². The van der Waals surface area contributed by atoms with Crippen LogP contribution < -0.4 is 19.7 Å². The number of nitrogens with one attached hydrogen (secondary N) is 1. The van der Waals surface area contributed by atoms with E-state index >= 15 is 0 Å². The fourth-order valence-corrected chi connectivity index (χ4v) is 4.65. The molecule has 1 saturated heterocycles. The quantitative estimate of drug-likeness (QED) is 0.477. The van der Waals surface area contributed by atoms with Crippen molar-refractivity contribution in [3.8, 4) is 17.3 Å². The molecule has 4 aromatic rings. The minimum absolute atomic E-state index is 0.147. The van der Waals surface area contributed by atoms with Gasteiger partial charge in [0, 0.05) is 36.0 Å². The van der Waals surface area contributed by atoms with Crippen molar-refractivity contribution in [1.29, 1.82) is 0 Å². The normalized spacial score (nSPS) is 19.2. The molecule has 0 unspecified atom stereocenters. The molecule has 1 N–H and O–H groups in total. The first-order chi connectivity index (χ1) is 15.8. The number of pyridine rings is 2. The van der Waals surface area contributed by atoms with Gasteiger partial charge in [0.15, 0.2) is 16.6 Å². The van der Waals surface area contributed by atoms with E-state index in [1.54, 1.807) is 12.4 Å². The molecule has 0 aliphatic carbocycles. The third kappa shape index (κ3) is 3.07. The molecule has 158 valence electrons. The number of thiocarbonyl (C=S) groups is 1. The van der Waals surface area contributed by atoms with Gasteiger partial charge in [-0.1, -0.05) is 12.1 Å². The highest BCUT2D eigenvalue weighted by Crippen LogP contribution is 2.44. The largest absolute Gasteiger partial charge is 0.454 e. The summed E-state index contributed by atoms with van der Waals surface area (Å²) in [5.41, 5.74) is 2.88. The van der Waals surface area contributed by atoms with Crippen LogP contribution in [0.15, 0.2) is 85.3 Å².